The zero-order valence-electron chi connectivity index (χ0n) is 14.9. The Labute approximate surface area is 162 Å². The van der Waals surface area contributed by atoms with E-state index in [9.17, 15) is 9.59 Å². The molecule has 2 aromatic rings. The first-order valence-electron chi connectivity index (χ1n) is 8.00. The Balaban J connectivity index is 1.88. The fourth-order valence-corrected chi connectivity index (χ4v) is 3.38. The first kappa shape index (κ1) is 20.1. The van der Waals surface area contributed by atoms with E-state index in [0.717, 1.165) is 4.90 Å². The maximum absolute atomic E-state index is 12.5. The zero-order chi connectivity index (χ0) is 19.1. The van der Waals surface area contributed by atoms with E-state index >= 15 is 0 Å². The minimum Gasteiger partial charge on any atom is -0.497 e. The molecule has 1 N–H and O–H groups in total. The Kier molecular flexibility index (Phi) is 7.36. The standard InChI is InChI=1S/C19H21ClN2O3S/c1-13(26-17-9-7-14(20)8-10-17)19(24)22(2)12-18(23)21-15-5-4-6-16(11-15)25-3/h4-11,13H,12H2,1-3H3,(H,21,23)/t13-/m1/s1. The number of rotatable bonds is 7. The summed E-state index contributed by atoms with van der Waals surface area (Å²) in [5.41, 5.74) is 0.624. The van der Waals surface area contributed by atoms with Crippen molar-refractivity contribution in [3.63, 3.8) is 0 Å². The van der Waals surface area contributed by atoms with Crippen LogP contribution in [0.25, 0.3) is 0 Å². The van der Waals surface area contributed by atoms with Gasteiger partial charge in [-0.05, 0) is 43.3 Å². The minimum absolute atomic E-state index is 0.0262. The van der Waals surface area contributed by atoms with Gasteiger partial charge in [-0.3, -0.25) is 9.59 Å². The SMILES string of the molecule is COc1cccc(NC(=O)CN(C)C(=O)[C@@H](C)Sc2ccc(Cl)cc2)c1. The van der Waals surface area contributed by atoms with Gasteiger partial charge in [0.2, 0.25) is 11.8 Å². The number of hydrogen-bond acceptors (Lipinski definition) is 4. The lowest BCUT2D eigenvalue weighted by molar-refractivity contribution is -0.132. The summed E-state index contributed by atoms with van der Waals surface area (Å²) in [6.07, 6.45) is 0. The summed E-state index contributed by atoms with van der Waals surface area (Å²) in [7, 11) is 3.18. The van der Waals surface area contributed by atoms with Gasteiger partial charge in [0.15, 0.2) is 0 Å². The van der Waals surface area contributed by atoms with Gasteiger partial charge in [-0.2, -0.15) is 0 Å². The molecule has 5 nitrogen and oxygen atoms in total. The molecule has 0 aromatic heterocycles. The zero-order valence-corrected chi connectivity index (χ0v) is 16.4. The molecule has 0 spiro atoms. The molecule has 0 aliphatic carbocycles. The number of thioether (sulfide) groups is 1. The molecular formula is C19H21ClN2O3S. The van der Waals surface area contributed by atoms with Crippen molar-refractivity contribution in [2.45, 2.75) is 17.1 Å². The number of hydrogen-bond donors (Lipinski definition) is 1. The van der Waals surface area contributed by atoms with E-state index in [1.165, 1.54) is 16.7 Å². The van der Waals surface area contributed by atoms with Crippen molar-refractivity contribution < 1.29 is 14.3 Å². The number of carbonyl (C=O) groups is 2. The number of likely N-dealkylation sites (N-methyl/N-ethyl adjacent to an activating group) is 1. The van der Waals surface area contributed by atoms with Gasteiger partial charge in [-0.25, -0.2) is 0 Å². The van der Waals surface area contributed by atoms with Crippen LogP contribution in [0, 0.1) is 0 Å². The van der Waals surface area contributed by atoms with Crippen molar-refractivity contribution in [2.75, 3.05) is 26.0 Å². The second-order valence-electron chi connectivity index (χ2n) is 5.69. The molecule has 0 aliphatic heterocycles. The molecule has 0 heterocycles. The van der Waals surface area contributed by atoms with Gasteiger partial charge in [0, 0.05) is 28.7 Å². The molecule has 1 atom stereocenters. The van der Waals surface area contributed by atoms with Crippen molar-refractivity contribution in [1.82, 2.24) is 4.90 Å². The highest BCUT2D eigenvalue weighted by atomic mass is 35.5. The van der Waals surface area contributed by atoms with Crippen LogP contribution in [0.15, 0.2) is 53.4 Å². The van der Waals surface area contributed by atoms with Crippen LogP contribution in [0.5, 0.6) is 5.75 Å². The molecule has 0 aliphatic rings. The van der Waals surface area contributed by atoms with Crippen LogP contribution >= 0.6 is 23.4 Å². The molecule has 2 rings (SSSR count). The minimum atomic E-state index is -0.314. The average Bonchev–Trinajstić information content (AvgIpc) is 2.62. The fraction of sp³-hybridized carbons (Fsp3) is 0.263. The number of nitrogens with one attached hydrogen (secondary N) is 1. The Morgan fingerprint density at radius 3 is 2.58 bits per heavy atom. The van der Waals surface area contributed by atoms with Gasteiger partial charge >= 0.3 is 0 Å². The van der Waals surface area contributed by atoms with Gasteiger partial charge < -0.3 is 15.0 Å². The Morgan fingerprint density at radius 1 is 1.23 bits per heavy atom. The van der Waals surface area contributed by atoms with Crippen LogP contribution in [-0.2, 0) is 9.59 Å². The van der Waals surface area contributed by atoms with Gasteiger partial charge in [-0.15, -0.1) is 11.8 Å². The van der Waals surface area contributed by atoms with Gasteiger partial charge in [-0.1, -0.05) is 17.7 Å². The third-order valence-electron chi connectivity index (χ3n) is 3.58. The highest BCUT2D eigenvalue weighted by molar-refractivity contribution is 8.00. The van der Waals surface area contributed by atoms with Crippen LogP contribution in [0.4, 0.5) is 5.69 Å². The van der Waals surface area contributed by atoms with Crippen LogP contribution in [0.1, 0.15) is 6.92 Å². The number of methoxy groups -OCH3 is 1. The van der Waals surface area contributed by atoms with Crippen molar-refractivity contribution in [3.05, 3.63) is 53.6 Å². The predicted octanol–water partition coefficient (Wildman–Crippen LogP) is 3.93. The van der Waals surface area contributed by atoms with E-state index < -0.39 is 0 Å². The van der Waals surface area contributed by atoms with E-state index in [4.69, 9.17) is 16.3 Å². The normalized spacial score (nSPS) is 11.5. The molecule has 0 fully saturated rings. The molecule has 26 heavy (non-hydrogen) atoms. The van der Waals surface area contributed by atoms with Crippen molar-refractivity contribution in [1.29, 1.82) is 0 Å². The number of halogens is 1. The molecule has 0 radical (unpaired) electrons. The van der Waals surface area contributed by atoms with Crippen LogP contribution < -0.4 is 10.1 Å². The molecular weight excluding hydrogens is 372 g/mol. The molecule has 2 amide bonds. The fourth-order valence-electron chi connectivity index (χ4n) is 2.27. The topological polar surface area (TPSA) is 58.6 Å². The van der Waals surface area contributed by atoms with Gasteiger partial charge in [0.05, 0.1) is 18.9 Å². The summed E-state index contributed by atoms with van der Waals surface area (Å²) in [6.45, 7) is 1.79. The summed E-state index contributed by atoms with van der Waals surface area (Å²) >= 11 is 7.29. The average molecular weight is 393 g/mol. The summed E-state index contributed by atoms with van der Waals surface area (Å²) in [6, 6.07) is 14.4. The smallest absolute Gasteiger partial charge is 0.243 e. The molecule has 138 valence electrons. The number of carbonyl (C=O) groups excluding carboxylic acids is 2. The van der Waals surface area contributed by atoms with E-state index in [-0.39, 0.29) is 23.6 Å². The van der Waals surface area contributed by atoms with Crippen LogP contribution in [-0.4, -0.2) is 42.7 Å². The molecule has 0 saturated heterocycles. The number of amides is 2. The lowest BCUT2D eigenvalue weighted by atomic mass is 10.3. The monoisotopic (exact) mass is 392 g/mol. The van der Waals surface area contributed by atoms with Crippen molar-refractivity contribution in [3.8, 4) is 5.75 Å². The van der Waals surface area contributed by atoms with Gasteiger partial charge in [0.1, 0.15) is 5.75 Å². The summed E-state index contributed by atoms with van der Waals surface area (Å²) in [5.74, 6) is 0.267. The van der Waals surface area contributed by atoms with Crippen molar-refractivity contribution >= 4 is 40.9 Å². The van der Waals surface area contributed by atoms with Crippen LogP contribution in [0.2, 0.25) is 5.02 Å². The van der Waals surface area contributed by atoms with E-state index in [1.807, 2.05) is 19.1 Å². The molecule has 0 saturated carbocycles. The largest absolute Gasteiger partial charge is 0.497 e. The number of anilines is 1. The quantitative estimate of drug-likeness (QED) is 0.725. The number of benzene rings is 2. The lowest BCUT2D eigenvalue weighted by Gasteiger charge is -2.20. The van der Waals surface area contributed by atoms with E-state index in [2.05, 4.69) is 5.32 Å². The highest BCUT2D eigenvalue weighted by Gasteiger charge is 2.20. The molecule has 7 heteroatoms. The summed E-state index contributed by atoms with van der Waals surface area (Å²) < 4.78 is 5.12. The lowest BCUT2D eigenvalue weighted by Crippen LogP contribution is -2.38. The van der Waals surface area contributed by atoms with E-state index in [0.29, 0.717) is 16.5 Å². The molecule has 0 bridgehead atoms. The maximum atomic E-state index is 12.5. The highest BCUT2D eigenvalue weighted by Crippen LogP contribution is 2.25. The molecule has 2 aromatic carbocycles. The Bertz CT molecular complexity index is 768. The van der Waals surface area contributed by atoms with E-state index in [1.54, 1.807) is 50.6 Å². The molecule has 0 unspecified atom stereocenters. The van der Waals surface area contributed by atoms with Gasteiger partial charge in [0.25, 0.3) is 0 Å². The van der Waals surface area contributed by atoms with Crippen molar-refractivity contribution in [2.24, 2.45) is 0 Å². The predicted molar refractivity (Wildman–Crippen MR) is 106 cm³/mol. The van der Waals surface area contributed by atoms with Crippen LogP contribution in [0.3, 0.4) is 0 Å². The Hall–Kier alpha value is -2.18. The second-order valence-corrected chi connectivity index (χ2v) is 7.54. The maximum Gasteiger partial charge on any atom is 0.243 e. The third-order valence-corrected chi connectivity index (χ3v) is 4.94. The summed E-state index contributed by atoms with van der Waals surface area (Å²) in [4.78, 5) is 27.0. The number of ether oxygens (including phenoxy) is 1. The first-order valence-corrected chi connectivity index (χ1v) is 9.26. The Morgan fingerprint density at radius 2 is 1.92 bits per heavy atom. The summed E-state index contributed by atoms with van der Waals surface area (Å²) in [5, 5.41) is 3.10. The number of nitrogens with zero attached hydrogens (tertiary/aromatic N) is 1. The first-order chi connectivity index (χ1) is 12.4. The third kappa shape index (κ3) is 5.97. The second kappa shape index (κ2) is 9.50.